The molecule has 0 saturated carbocycles. The zero-order chi connectivity index (χ0) is 19.3. The molecule has 0 aromatic heterocycles. The van der Waals surface area contributed by atoms with Crippen LogP contribution in [0.5, 0.6) is 11.5 Å². The third-order valence-electron chi connectivity index (χ3n) is 3.24. The standard InChI is InChI=1S/C16H15NO8S/c1-23-10-5-3-4-9(14(10)25-8-12(18)19)6-11-15(21)17(16(22)26-11)7-13(20)24-2/h3-6H,7-8H2,1-2H3,(H,18,19)/b11-6-. The molecule has 1 aromatic rings. The highest BCUT2D eigenvalue weighted by atomic mass is 32.2. The molecule has 0 aliphatic carbocycles. The molecule has 10 heteroatoms. The van der Waals surface area contributed by atoms with Gasteiger partial charge in [0.15, 0.2) is 18.1 Å². The topological polar surface area (TPSA) is 119 Å². The molecule has 1 heterocycles. The SMILES string of the molecule is COC(=O)CN1C(=O)S/C(=C\c2cccc(OC)c2OCC(=O)O)C1=O. The molecule has 1 aliphatic heterocycles. The Morgan fingerprint density at radius 1 is 1.27 bits per heavy atom. The summed E-state index contributed by atoms with van der Waals surface area (Å²) in [5.74, 6) is -2.16. The van der Waals surface area contributed by atoms with E-state index < -0.39 is 36.2 Å². The van der Waals surface area contributed by atoms with Crippen molar-refractivity contribution in [1.29, 1.82) is 0 Å². The number of hydrogen-bond acceptors (Lipinski definition) is 8. The number of methoxy groups -OCH3 is 2. The second-order valence-corrected chi connectivity index (χ2v) is 5.90. The molecule has 1 fully saturated rings. The number of ether oxygens (including phenoxy) is 3. The van der Waals surface area contributed by atoms with E-state index in [1.54, 1.807) is 18.2 Å². The minimum atomic E-state index is -1.18. The maximum absolute atomic E-state index is 12.3. The number of carbonyl (C=O) groups is 4. The van der Waals surface area contributed by atoms with E-state index >= 15 is 0 Å². The number of rotatable bonds is 7. The van der Waals surface area contributed by atoms with Crippen LogP contribution in [0.25, 0.3) is 6.08 Å². The van der Waals surface area contributed by atoms with Crippen LogP contribution in [-0.4, -0.2) is 60.5 Å². The average molecular weight is 381 g/mol. The van der Waals surface area contributed by atoms with Gasteiger partial charge in [0, 0.05) is 5.56 Å². The normalized spacial score (nSPS) is 15.3. The van der Waals surface area contributed by atoms with Crippen molar-refractivity contribution in [3.05, 3.63) is 28.7 Å². The number of hydrogen-bond donors (Lipinski definition) is 1. The van der Waals surface area contributed by atoms with Crippen molar-refractivity contribution in [2.45, 2.75) is 0 Å². The summed E-state index contributed by atoms with van der Waals surface area (Å²) in [7, 11) is 2.54. The maximum atomic E-state index is 12.3. The van der Waals surface area contributed by atoms with E-state index in [-0.39, 0.29) is 16.4 Å². The average Bonchev–Trinajstić information content (AvgIpc) is 2.87. The van der Waals surface area contributed by atoms with Gasteiger partial charge in [0.1, 0.15) is 6.54 Å². The molecule has 138 valence electrons. The van der Waals surface area contributed by atoms with Crippen LogP contribution in [0.3, 0.4) is 0 Å². The van der Waals surface area contributed by atoms with Gasteiger partial charge < -0.3 is 19.3 Å². The van der Waals surface area contributed by atoms with Crippen molar-refractivity contribution >= 4 is 40.9 Å². The number of thioether (sulfide) groups is 1. The first-order valence-corrected chi connectivity index (χ1v) is 8.02. The first-order valence-electron chi connectivity index (χ1n) is 7.21. The van der Waals surface area contributed by atoms with Crippen LogP contribution in [-0.2, 0) is 19.1 Å². The lowest BCUT2D eigenvalue weighted by molar-refractivity contribution is -0.143. The number of nitrogens with zero attached hydrogens (tertiary/aromatic N) is 1. The van der Waals surface area contributed by atoms with Gasteiger partial charge in [-0.15, -0.1) is 0 Å². The Bertz CT molecular complexity index is 788. The first-order chi connectivity index (χ1) is 12.4. The van der Waals surface area contributed by atoms with E-state index in [4.69, 9.17) is 14.6 Å². The van der Waals surface area contributed by atoms with Crippen LogP contribution in [0.15, 0.2) is 23.1 Å². The minimum absolute atomic E-state index is 0.0623. The van der Waals surface area contributed by atoms with Crippen LogP contribution in [0.4, 0.5) is 4.79 Å². The van der Waals surface area contributed by atoms with Gasteiger partial charge in [0.2, 0.25) is 0 Å². The number of aliphatic carboxylic acids is 1. The fourth-order valence-electron chi connectivity index (χ4n) is 2.07. The maximum Gasteiger partial charge on any atom is 0.341 e. The third-order valence-corrected chi connectivity index (χ3v) is 4.15. The van der Waals surface area contributed by atoms with Gasteiger partial charge in [0.05, 0.1) is 19.1 Å². The van der Waals surface area contributed by atoms with Crippen LogP contribution in [0, 0.1) is 0 Å². The molecule has 1 saturated heterocycles. The van der Waals surface area contributed by atoms with Crippen LogP contribution < -0.4 is 9.47 Å². The lowest BCUT2D eigenvalue weighted by Gasteiger charge is -2.12. The van der Waals surface area contributed by atoms with Gasteiger partial charge in [-0.3, -0.25) is 19.3 Å². The highest BCUT2D eigenvalue weighted by Gasteiger charge is 2.36. The van der Waals surface area contributed by atoms with Crippen LogP contribution >= 0.6 is 11.8 Å². The molecule has 9 nitrogen and oxygen atoms in total. The van der Waals surface area contributed by atoms with Crippen LogP contribution in [0.1, 0.15) is 5.56 Å². The minimum Gasteiger partial charge on any atom is -0.493 e. The van der Waals surface area contributed by atoms with Crippen molar-refractivity contribution in [3.8, 4) is 11.5 Å². The molecule has 1 N–H and O–H groups in total. The Kier molecular flexibility index (Phi) is 6.23. The van der Waals surface area contributed by atoms with Crippen molar-refractivity contribution in [2.24, 2.45) is 0 Å². The summed E-state index contributed by atoms with van der Waals surface area (Å²) in [4.78, 5) is 47.2. The molecule has 0 unspecified atom stereocenters. The van der Waals surface area contributed by atoms with Crippen LogP contribution in [0.2, 0.25) is 0 Å². The van der Waals surface area contributed by atoms with Gasteiger partial charge in [-0.05, 0) is 23.9 Å². The Balaban J connectivity index is 2.34. The number of imide groups is 1. The zero-order valence-electron chi connectivity index (χ0n) is 13.9. The smallest absolute Gasteiger partial charge is 0.341 e. The number of benzene rings is 1. The molecule has 2 amide bonds. The molecule has 0 bridgehead atoms. The van der Waals surface area contributed by atoms with E-state index in [1.807, 2.05) is 0 Å². The number of carboxylic acid groups (broad SMARTS) is 1. The quantitative estimate of drug-likeness (QED) is 0.551. The predicted molar refractivity (Wildman–Crippen MR) is 90.8 cm³/mol. The largest absolute Gasteiger partial charge is 0.493 e. The lowest BCUT2D eigenvalue weighted by Crippen LogP contribution is -2.34. The van der Waals surface area contributed by atoms with E-state index in [2.05, 4.69) is 4.74 Å². The summed E-state index contributed by atoms with van der Waals surface area (Å²) in [6, 6.07) is 4.77. The molecule has 0 atom stereocenters. The van der Waals surface area contributed by atoms with Gasteiger partial charge in [-0.1, -0.05) is 12.1 Å². The molecule has 26 heavy (non-hydrogen) atoms. The molecular weight excluding hydrogens is 366 g/mol. The van der Waals surface area contributed by atoms with Gasteiger partial charge in [0.25, 0.3) is 11.1 Å². The highest BCUT2D eigenvalue weighted by Crippen LogP contribution is 2.37. The highest BCUT2D eigenvalue weighted by molar-refractivity contribution is 8.18. The van der Waals surface area contributed by atoms with Gasteiger partial charge >= 0.3 is 11.9 Å². The van der Waals surface area contributed by atoms with Gasteiger partial charge in [-0.2, -0.15) is 0 Å². The molecule has 1 aromatic carbocycles. The summed E-state index contributed by atoms with van der Waals surface area (Å²) in [6.07, 6.45) is 1.38. The van der Waals surface area contributed by atoms with Crippen molar-refractivity contribution < 1.29 is 38.5 Å². The molecule has 1 aliphatic rings. The Hall–Kier alpha value is -3.01. The number of carboxylic acids is 1. The number of carbonyl (C=O) groups excluding carboxylic acids is 3. The monoisotopic (exact) mass is 381 g/mol. The molecular formula is C16H15NO8S. The van der Waals surface area contributed by atoms with E-state index in [0.717, 1.165) is 12.0 Å². The van der Waals surface area contributed by atoms with Gasteiger partial charge in [-0.25, -0.2) is 4.79 Å². The number of amides is 2. The summed E-state index contributed by atoms with van der Waals surface area (Å²) >= 11 is 0.654. The second-order valence-electron chi connectivity index (χ2n) is 4.91. The summed E-state index contributed by atoms with van der Waals surface area (Å²) in [5.41, 5.74) is 0.356. The first kappa shape index (κ1) is 19.3. The van der Waals surface area contributed by atoms with Crippen molar-refractivity contribution in [1.82, 2.24) is 4.90 Å². The van der Waals surface area contributed by atoms with Crippen molar-refractivity contribution in [2.75, 3.05) is 27.4 Å². The third kappa shape index (κ3) is 4.33. The Morgan fingerprint density at radius 2 is 2.00 bits per heavy atom. The zero-order valence-corrected chi connectivity index (χ0v) is 14.7. The summed E-state index contributed by atoms with van der Waals surface area (Å²) in [5, 5.41) is 8.19. The van der Waals surface area contributed by atoms with E-state index in [1.165, 1.54) is 13.2 Å². The fraction of sp³-hybridized carbons (Fsp3) is 0.250. The number of para-hydroxylation sites is 1. The van der Waals surface area contributed by atoms with E-state index in [0.29, 0.717) is 17.3 Å². The van der Waals surface area contributed by atoms with Crippen molar-refractivity contribution in [3.63, 3.8) is 0 Å². The predicted octanol–water partition coefficient (Wildman–Crippen LogP) is 1.37. The summed E-state index contributed by atoms with van der Waals surface area (Å²) in [6.45, 7) is -1.09. The Morgan fingerprint density at radius 3 is 2.62 bits per heavy atom. The molecule has 0 spiro atoms. The van der Waals surface area contributed by atoms with E-state index in [9.17, 15) is 19.2 Å². The summed E-state index contributed by atoms with van der Waals surface area (Å²) < 4.78 is 14.8. The number of esters is 1. The molecule has 2 rings (SSSR count). The lowest BCUT2D eigenvalue weighted by atomic mass is 10.1. The second kappa shape index (κ2) is 8.39. The fourth-order valence-corrected chi connectivity index (χ4v) is 2.90. The Labute approximate surface area is 152 Å². The molecule has 0 radical (unpaired) electrons.